The number of nitrogens with one attached hydrogen (secondary N) is 1. The van der Waals surface area contributed by atoms with E-state index in [0.29, 0.717) is 27.3 Å². The molecule has 1 heterocycles. The van der Waals surface area contributed by atoms with Gasteiger partial charge in [0.1, 0.15) is 16.8 Å². The van der Waals surface area contributed by atoms with Gasteiger partial charge in [0.15, 0.2) is 6.10 Å². The molecule has 1 aromatic heterocycles. The van der Waals surface area contributed by atoms with Gasteiger partial charge in [-0.15, -0.1) is 11.3 Å². The summed E-state index contributed by atoms with van der Waals surface area (Å²) in [6.45, 7) is 8.47. The minimum Gasteiger partial charge on any atom is -0.481 e. The Morgan fingerprint density at radius 1 is 1.43 bits per heavy atom. The summed E-state index contributed by atoms with van der Waals surface area (Å²) in [6, 6.07) is 9.24. The number of rotatable bonds is 4. The van der Waals surface area contributed by atoms with Crippen molar-refractivity contribution in [2.24, 2.45) is 11.3 Å². The van der Waals surface area contributed by atoms with Gasteiger partial charge in [-0.3, -0.25) is 4.79 Å². The fourth-order valence-electron chi connectivity index (χ4n) is 3.54. The molecule has 0 unspecified atom stereocenters. The van der Waals surface area contributed by atoms with Gasteiger partial charge in [-0.2, -0.15) is 5.26 Å². The SMILES string of the molecule is C[C@@H](Oc1cccc(Cl)c1)C(=O)Nc1sc2c(c1C#N)CC[C@@H](C(C)(C)C)C2. The average molecular weight is 417 g/mol. The molecule has 1 aliphatic rings. The molecule has 0 aliphatic heterocycles. The minimum absolute atomic E-state index is 0.233. The number of halogens is 1. The summed E-state index contributed by atoms with van der Waals surface area (Å²) in [5, 5.41) is 13.8. The lowest BCUT2D eigenvalue weighted by molar-refractivity contribution is -0.122. The molecule has 2 atom stereocenters. The molecule has 0 bridgehead atoms. The van der Waals surface area contributed by atoms with E-state index >= 15 is 0 Å². The van der Waals surface area contributed by atoms with Crippen LogP contribution < -0.4 is 10.1 Å². The zero-order valence-electron chi connectivity index (χ0n) is 16.6. The first-order valence-electron chi connectivity index (χ1n) is 9.46. The molecule has 0 saturated heterocycles. The van der Waals surface area contributed by atoms with Crippen molar-refractivity contribution in [1.29, 1.82) is 5.26 Å². The molecule has 0 saturated carbocycles. The van der Waals surface area contributed by atoms with Crippen LogP contribution in [0.4, 0.5) is 5.00 Å². The summed E-state index contributed by atoms with van der Waals surface area (Å²) in [5.41, 5.74) is 1.94. The molecule has 1 aliphatic carbocycles. The average Bonchev–Trinajstić information content (AvgIpc) is 2.97. The van der Waals surface area contributed by atoms with Crippen LogP contribution in [0.2, 0.25) is 5.02 Å². The predicted molar refractivity (Wildman–Crippen MR) is 114 cm³/mol. The second kappa shape index (κ2) is 8.14. The van der Waals surface area contributed by atoms with E-state index in [1.54, 1.807) is 31.2 Å². The van der Waals surface area contributed by atoms with Crippen molar-refractivity contribution >= 4 is 33.8 Å². The molecule has 4 nitrogen and oxygen atoms in total. The van der Waals surface area contributed by atoms with Crippen LogP contribution in [-0.4, -0.2) is 12.0 Å². The zero-order chi connectivity index (χ0) is 20.5. The highest BCUT2D eigenvalue weighted by atomic mass is 35.5. The molecule has 0 fully saturated rings. The van der Waals surface area contributed by atoms with E-state index in [9.17, 15) is 10.1 Å². The third kappa shape index (κ3) is 4.51. The largest absolute Gasteiger partial charge is 0.481 e. The summed E-state index contributed by atoms with van der Waals surface area (Å²) in [5.74, 6) is 0.843. The Morgan fingerprint density at radius 2 is 2.18 bits per heavy atom. The maximum Gasteiger partial charge on any atom is 0.265 e. The molecular formula is C22H25ClN2O2S. The van der Waals surface area contributed by atoms with Crippen LogP contribution in [0, 0.1) is 22.7 Å². The van der Waals surface area contributed by atoms with Gasteiger partial charge in [0.25, 0.3) is 5.91 Å². The molecule has 1 N–H and O–H groups in total. The standard InChI is InChI=1S/C22H25ClN2O2S/c1-13(27-16-7-5-6-15(23)11-16)20(26)25-21-18(12-24)17-9-8-14(22(2,3)4)10-19(17)28-21/h5-7,11,13-14H,8-10H2,1-4H3,(H,25,26)/t13-,14-/m1/s1. The van der Waals surface area contributed by atoms with Crippen molar-refractivity contribution in [3.8, 4) is 11.8 Å². The van der Waals surface area contributed by atoms with Gasteiger partial charge < -0.3 is 10.1 Å². The lowest BCUT2D eigenvalue weighted by atomic mass is 9.72. The first-order chi connectivity index (χ1) is 13.2. The third-order valence-corrected chi connectivity index (χ3v) is 6.72. The highest BCUT2D eigenvalue weighted by Gasteiger charge is 2.32. The number of ether oxygens (including phenoxy) is 1. The molecule has 0 radical (unpaired) electrons. The van der Waals surface area contributed by atoms with Crippen molar-refractivity contribution in [2.75, 3.05) is 5.32 Å². The highest BCUT2D eigenvalue weighted by molar-refractivity contribution is 7.16. The van der Waals surface area contributed by atoms with Crippen molar-refractivity contribution in [3.63, 3.8) is 0 Å². The van der Waals surface area contributed by atoms with Crippen LogP contribution in [0.15, 0.2) is 24.3 Å². The van der Waals surface area contributed by atoms with Gasteiger partial charge in [-0.05, 0) is 61.3 Å². The number of nitriles is 1. The van der Waals surface area contributed by atoms with Gasteiger partial charge >= 0.3 is 0 Å². The van der Waals surface area contributed by atoms with Crippen LogP contribution in [0.5, 0.6) is 5.75 Å². The van der Waals surface area contributed by atoms with E-state index in [0.717, 1.165) is 24.8 Å². The number of anilines is 1. The Labute approximate surface area is 175 Å². The lowest BCUT2D eigenvalue weighted by Crippen LogP contribution is -2.30. The van der Waals surface area contributed by atoms with Gasteiger partial charge in [0.2, 0.25) is 0 Å². The maximum atomic E-state index is 12.6. The summed E-state index contributed by atoms with van der Waals surface area (Å²) < 4.78 is 5.69. The molecule has 28 heavy (non-hydrogen) atoms. The van der Waals surface area contributed by atoms with Crippen molar-refractivity contribution in [3.05, 3.63) is 45.3 Å². The van der Waals surface area contributed by atoms with E-state index in [1.165, 1.54) is 16.2 Å². The molecule has 0 spiro atoms. The van der Waals surface area contributed by atoms with Crippen LogP contribution in [-0.2, 0) is 17.6 Å². The smallest absolute Gasteiger partial charge is 0.265 e. The number of hydrogen-bond donors (Lipinski definition) is 1. The number of thiophene rings is 1. The van der Waals surface area contributed by atoms with E-state index in [-0.39, 0.29) is 11.3 Å². The number of carbonyl (C=O) groups is 1. The zero-order valence-corrected chi connectivity index (χ0v) is 18.2. The molecule has 2 aromatic rings. The molecule has 3 rings (SSSR count). The molecule has 1 aromatic carbocycles. The number of benzene rings is 1. The lowest BCUT2D eigenvalue weighted by Gasteiger charge is -2.33. The minimum atomic E-state index is -0.702. The summed E-state index contributed by atoms with van der Waals surface area (Å²) in [7, 11) is 0. The fraction of sp³-hybridized carbons (Fsp3) is 0.455. The van der Waals surface area contributed by atoms with E-state index < -0.39 is 6.10 Å². The van der Waals surface area contributed by atoms with E-state index in [1.807, 2.05) is 0 Å². The Balaban J connectivity index is 1.75. The Kier molecular flexibility index (Phi) is 6.02. The summed E-state index contributed by atoms with van der Waals surface area (Å²) >= 11 is 7.49. The third-order valence-electron chi connectivity index (χ3n) is 5.32. The molecular weight excluding hydrogens is 392 g/mol. The van der Waals surface area contributed by atoms with Crippen molar-refractivity contribution in [2.45, 2.75) is 53.1 Å². The van der Waals surface area contributed by atoms with Crippen LogP contribution >= 0.6 is 22.9 Å². The number of carbonyl (C=O) groups excluding carboxylic acids is 1. The number of hydrogen-bond acceptors (Lipinski definition) is 4. The van der Waals surface area contributed by atoms with Crippen LogP contribution in [0.1, 0.15) is 50.1 Å². The predicted octanol–water partition coefficient (Wildman–Crippen LogP) is 5.83. The second-order valence-electron chi connectivity index (χ2n) is 8.33. The molecule has 6 heteroatoms. The Hall–Kier alpha value is -2.03. The van der Waals surface area contributed by atoms with E-state index in [4.69, 9.17) is 16.3 Å². The van der Waals surface area contributed by atoms with Crippen LogP contribution in [0.25, 0.3) is 0 Å². The first-order valence-corrected chi connectivity index (χ1v) is 10.7. The maximum absolute atomic E-state index is 12.6. The number of nitrogens with zero attached hydrogens (tertiary/aromatic N) is 1. The molecule has 1 amide bonds. The highest BCUT2D eigenvalue weighted by Crippen LogP contribution is 2.44. The normalized spacial score (nSPS) is 17.4. The van der Waals surface area contributed by atoms with Crippen molar-refractivity contribution in [1.82, 2.24) is 0 Å². The summed E-state index contributed by atoms with van der Waals surface area (Å²) in [4.78, 5) is 13.9. The van der Waals surface area contributed by atoms with Crippen LogP contribution in [0.3, 0.4) is 0 Å². The van der Waals surface area contributed by atoms with E-state index in [2.05, 4.69) is 32.2 Å². The topological polar surface area (TPSA) is 62.1 Å². The Bertz CT molecular complexity index is 924. The van der Waals surface area contributed by atoms with Gasteiger partial charge in [0.05, 0.1) is 5.56 Å². The van der Waals surface area contributed by atoms with Gasteiger partial charge in [0, 0.05) is 9.90 Å². The number of amides is 1. The quantitative estimate of drug-likeness (QED) is 0.681. The fourth-order valence-corrected chi connectivity index (χ4v) is 5.00. The Morgan fingerprint density at radius 3 is 2.82 bits per heavy atom. The monoisotopic (exact) mass is 416 g/mol. The van der Waals surface area contributed by atoms with Gasteiger partial charge in [-0.25, -0.2) is 0 Å². The first kappa shape index (κ1) is 20.7. The second-order valence-corrected chi connectivity index (χ2v) is 9.87. The van der Waals surface area contributed by atoms with Crippen molar-refractivity contribution < 1.29 is 9.53 Å². The summed E-state index contributed by atoms with van der Waals surface area (Å²) in [6.07, 6.45) is 2.22. The van der Waals surface area contributed by atoms with Gasteiger partial charge in [-0.1, -0.05) is 38.4 Å². The molecule has 148 valence electrons. The number of fused-ring (bicyclic) bond motifs is 1.